The number of rotatable bonds is 5. The SMILES string of the molecule is CN(CC(=O)N1CCCCCC1)CC(O)C1CC1. The molecule has 1 unspecified atom stereocenters. The summed E-state index contributed by atoms with van der Waals surface area (Å²) in [4.78, 5) is 16.1. The molecule has 1 saturated heterocycles. The first-order valence-electron chi connectivity index (χ1n) is 7.31. The minimum absolute atomic E-state index is 0.224. The maximum atomic E-state index is 12.1. The van der Waals surface area contributed by atoms with E-state index in [4.69, 9.17) is 0 Å². The molecular weight excluding hydrogens is 228 g/mol. The van der Waals surface area contributed by atoms with Gasteiger partial charge in [-0.2, -0.15) is 0 Å². The number of amides is 1. The van der Waals surface area contributed by atoms with Gasteiger partial charge in [-0.1, -0.05) is 12.8 Å². The van der Waals surface area contributed by atoms with Crippen LogP contribution in [-0.2, 0) is 4.79 Å². The molecule has 1 aliphatic heterocycles. The van der Waals surface area contributed by atoms with E-state index in [9.17, 15) is 9.90 Å². The fraction of sp³-hybridized carbons (Fsp3) is 0.929. The maximum absolute atomic E-state index is 12.1. The lowest BCUT2D eigenvalue weighted by molar-refractivity contribution is -0.132. The van der Waals surface area contributed by atoms with Crippen molar-refractivity contribution in [3.63, 3.8) is 0 Å². The molecule has 1 aliphatic carbocycles. The van der Waals surface area contributed by atoms with Gasteiger partial charge in [-0.15, -0.1) is 0 Å². The molecule has 2 aliphatic rings. The summed E-state index contributed by atoms with van der Waals surface area (Å²) in [6, 6.07) is 0. The molecule has 1 atom stereocenters. The Morgan fingerprint density at radius 3 is 2.44 bits per heavy atom. The number of aliphatic hydroxyl groups is 1. The van der Waals surface area contributed by atoms with E-state index in [0.717, 1.165) is 38.8 Å². The molecule has 0 aromatic rings. The van der Waals surface area contributed by atoms with Crippen LogP contribution < -0.4 is 0 Å². The van der Waals surface area contributed by atoms with Crippen LogP contribution in [0, 0.1) is 5.92 Å². The van der Waals surface area contributed by atoms with E-state index in [-0.39, 0.29) is 12.0 Å². The smallest absolute Gasteiger partial charge is 0.236 e. The monoisotopic (exact) mass is 254 g/mol. The third-order valence-corrected chi connectivity index (χ3v) is 4.03. The summed E-state index contributed by atoms with van der Waals surface area (Å²) in [5.41, 5.74) is 0. The molecule has 2 fully saturated rings. The van der Waals surface area contributed by atoms with E-state index in [1.165, 1.54) is 12.8 Å². The van der Waals surface area contributed by atoms with Gasteiger partial charge in [0.15, 0.2) is 0 Å². The second-order valence-corrected chi connectivity index (χ2v) is 5.90. The lowest BCUT2D eigenvalue weighted by Crippen LogP contribution is -2.42. The first-order chi connectivity index (χ1) is 8.66. The highest BCUT2D eigenvalue weighted by Crippen LogP contribution is 2.32. The highest BCUT2D eigenvalue weighted by atomic mass is 16.3. The van der Waals surface area contributed by atoms with Crippen molar-refractivity contribution >= 4 is 5.91 Å². The first-order valence-corrected chi connectivity index (χ1v) is 7.31. The number of hydrogen-bond donors (Lipinski definition) is 1. The van der Waals surface area contributed by atoms with Crippen LogP contribution in [0.1, 0.15) is 38.5 Å². The summed E-state index contributed by atoms with van der Waals surface area (Å²) >= 11 is 0. The Bertz CT molecular complexity index is 271. The fourth-order valence-corrected chi connectivity index (χ4v) is 2.66. The van der Waals surface area contributed by atoms with Gasteiger partial charge < -0.3 is 10.0 Å². The standard InChI is InChI=1S/C14H26N2O2/c1-15(10-13(17)12-6-7-12)11-14(18)16-8-4-2-3-5-9-16/h12-13,17H,2-11H2,1H3. The predicted octanol–water partition coefficient (Wildman–Crippen LogP) is 1.09. The van der Waals surface area contributed by atoms with Crippen LogP contribution in [0.3, 0.4) is 0 Å². The van der Waals surface area contributed by atoms with Gasteiger partial charge in [-0.3, -0.25) is 9.69 Å². The molecule has 0 bridgehead atoms. The van der Waals surface area contributed by atoms with Crippen molar-refractivity contribution in [1.29, 1.82) is 0 Å². The summed E-state index contributed by atoms with van der Waals surface area (Å²) in [5.74, 6) is 0.711. The molecule has 1 heterocycles. The summed E-state index contributed by atoms with van der Waals surface area (Å²) in [5, 5.41) is 9.86. The van der Waals surface area contributed by atoms with E-state index >= 15 is 0 Å². The van der Waals surface area contributed by atoms with E-state index in [0.29, 0.717) is 19.0 Å². The van der Waals surface area contributed by atoms with Gasteiger partial charge in [0.05, 0.1) is 12.6 Å². The number of likely N-dealkylation sites (N-methyl/N-ethyl adjacent to an activating group) is 1. The molecule has 1 saturated carbocycles. The van der Waals surface area contributed by atoms with Crippen molar-refractivity contribution in [2.75, 3.05) is 33.2 Å². The highest BCUT2D eigenvalue weighted by Gasteiger charge is 2.30. The lowest BCUT2D eigenvalue weighted by atomic mass is 10.2. The second kappa shape index (κ2) is 6.53. The molecule has 1 N–H and O–H groups in total. The van der Waals surface area contributed by atoms with Crippen molar-refractivity contribution in [1.82, 2.24) is 9.80 Å². The minimum atomic E-state index is -0.244. The van der Waals surface area contributed by atoms with Crippen LogP contribution in [0.25, 0.3) is 0 Å². The summed E-state index contributed by atoms with van der Waals surface area (Å²) < 4.78 is 0. The molecule has 0 radical (unpaired) electrons. The lowest BCUT2D eigenvalue weighted by Gasteiger charge is -2.25. The summed E-state index contributed by atoms with van der Waals surface area (Å²) in [6.45, 7) is 2.91. The minimum Gasteiger partial charge on any atom is -0.392 e. The van der Waals surface area contributed by atoms with Gasteiger partial charge in [0.1, 0.15) is 0 Å². The normalized spacial score (nSPS) is 22.9. The quantitative estimate of drug-likeness (QED) is 0.799. The van der Waals surface area contributed by atoms with Crippen LogP contribution in [0.5, 0.6) is 0 Å². The Morgan fingerprint density at radius 2 is 1.89 bits per heavy atom. The Labute approximate surface area is 110 Å². The number of likely N-dealkylation sites (tertiary alicyclic amines) is 1. The molecule has 1 amide bonds. The van der Waals surface area contributed by atoms with Crippen molar-refractivity contribution in [3.05, 3.63) is 0 Å². The van der Waals surface area contributed by atoms with Crippen LogP contribution in [-0.4, -0.2) is 60.1 Å². The molecule has 4 heteroatoms. The van der Waals surface area contributed by atoms with Crippen LogP contribution in [0.15, 0.2) is 0 Å². The van der Waals surface area contributed by atoms with Gasteiger partial charge >= 0.3 is 0 Å². The molecule has 4 nitrogen and oxygen atoms in total. The van der Waals surface area contributed by atoms with Gasteiger partial charge in [-0.25, -0.2) is 0 Å². The molecule has 0 aromatic carbocycles. The van der Waals surface area contributed by atoms with Crippen molar-refractivity contribution in [2.45, 2.75) is 44.6 Å². The Balaban J connectivity index is 1.71. The maximum Gasteiger partial charge on any atom is 0.236 e. The highest BCUT2D eigenvalue weighted by molar-refractivity contribution is 5.78. The van der Waals surface area contributed by atoms with E-state index in [1.54, 1.807) is 0 Å². The zero-order chi connectivity index (χ0) is 13.0. The van der Waals surface area contributed by atoms with Crippen LogP contribution >= 0.6 is 0 Å². The van der Waals surface area contributed by atoms with Gasteiger partial charge in [0.25, 0.3) is 0 Å². The Hall–Kier alpha value is -0.610. The third-order valence-electron chi connectivity index (χ3n) is 4.03. The van der Waals surface area contributed by atoms with E-state index < -0.39 is 0 Å². The average molecular weight is 254 g/mol. The van der Waals surface area contributed by atoms with Gasteiger partial charge in [-0.05, 0) is 38.6 Å². The van der Waals surface area contributed by atoms with E-state index in [2.05, 4.69) is 0 Å². The zero-order valence-electron chi connectivity index (χ0n) is 11.5. The number of aliphatic hydroxyl groups excluding tert-OH is 1. The topological polar surface area (TPSA) is 43.8 Å². The number of nitrogens with zero attached hydrogens (tertiary/aromatic N) is 2. The molecule has 18 heavy (non-hydrogen) atoms. The second-order valence-electron chi connectivity index (χ2n) is 5.90. The third kappa shape index (κ3) is 4.25. The van der Waals surface area contributed by atoms with Crippen LogP contribution in [0.2, 0.25) is 0 Å². The molecule has 2 rings (SSSR count). The largest absolute Gasteiger partial charge is 0.392 e. The van der Waals surface area contributed by atoms with Crippen LogP contribution in [0.4, 0.5) is 0 Å². The molecular formula is C14H26N2O2. The summed E-state index contributed by atoms with van der Waals surface area (Å²) in [7, 11) is 1.93. The summed E-state index contributed by atoms with van der Waals surface area (Å²) in [6.07, 6.45) is 6.83. The van der Waals surface area contributed by atoms with E-state index in [1.807, 2.05) is 16.8 Å². The fourth-order valence-electron chi connectivity index (χ4n) is 2.66. The molecule has 0 aromatic heterocycles. The van der Waals surface area contributed by atoms with Crippen molar-refractivity contribution in [3.8, 4) is 0 Å². The Kier molecular flexibility index (Phi) is 5.01. The van der Waals surface area contributed by atoms with Crippen molar-refractivity contribution in [2.24, 2.45) is 5.92 Å². The zero-order valence-corrected chi connectivity index (χ0v) is 11.5. The number of carbonyl (C=O) groups is 1. The van der Waals surface area contributed by atoms with Gasteiger partial charge in [0, 0.05) is 19.6 Å². The van der Waals surface area contributed by atoms with Crippen molar-refractivity contribution < 1.29 is 9.90 Å². The molecule has 0 spiro atoms. The Morgan fingerprint density at radius 1 is 1.28 bits per heavy atom. The predicted molar refractivity (Wildman–Crippen MR) is 71.3 cm³/mol. The molecule has 104 valence electrons. The average Bonchev–Trinajstić information content (AvgIpc) is 3.16. The number of carbonyl (C=O) groups excluding carboxylic acids is 1. The first kappa shape index (κ1) is 13.8. The van der Waals surface area contributed by atoms with Gasteiger partial charge in [0.2, 0.25) is 5.91 Å². The number of hydrogen-bond acceptors (Lipinski definition) is 3.